The van der Waals surface area contributed by atoms with Gasteiger partial charge in [-0.1, -0.05) is 43.7 Å². The van der Waals surface area contributed by atoms with Crippen LogP contribution in [-0.2, 0) is 4.79 Å². The van der Waals surface area contributed by atoms with E-state index in [-0.39, 0.29) is 11.3 Å². The molecule has 4 rings (SSSR count). The number of hydrogen-bond acceptors (Lipinski definition) is 6. The van der Waals surface area contributed by atoms with E-state index in [1.165, 1.54) is 0 Å². The molecule has 184 valence electrons. The number of amides is 1. The molecule has 0 bridgehead atoms. The summed E-state index contributed by atoms with van der Waals surface area (Å²) in [5.74, 6) is -0.975. The molecule has 0 saturated carbocycles. The Hall–Kier alpha value is -3.58. The zero-order valence-electron chi connectivity index (χ0n) is 20.7. The number of carbonyl (C=O) groups is 2. The first-order valence-electron chi connectivity index (χ1n) is 12.0. The number of aliphatic hydroxyl groups excluding tert-OH is 1. The predicted octanol–water partition coefficient (Wildman–Crippen LogP) is 5.06. The van der Waals surface area contributed by atoms with Crippen LogP contribution in [0.3, 0.4) is 0 Å². The van der Waals surface area contributed by atoms with Crippen LogP contribution < -0.4 is 4.74 Å². The van der Waals surface area contributed by atoms with Gasteiger partial charge in [0, 0.05) is 17.5 Å². The van der Waals surface area contributed by atoms with Gasteiger partial charge in [0.05, 0.1) is 18.7 Å². The van der Waals surface area contributed by atoms with Crippen LogP contribution in [0.2, 0.25) is 0 Å². The lowest BCUT2D eigenvalue weighted by molar-refractivity contribution is -0.129. The van der Waals surface area contributed by atoms with E-state index in [1.54, 1.807) is 24.1 Å². The first kappa shape index (κ1) is 24.5. The fraction of sp³-hybridized carbons (Fsp3) is 0.357. The van der Waals surface area contributed by atoms with Crippen molar-refractivity contribution in [2.45, 2.75) is 33.2 Å². The number of aryl methyl sites for hydroxylation is 1. The van der Waals surface area contributed by atoms with Crippen LogP contribution >= 0.6 is 0 Å². The molecule has 3 aromatic rings. The highest BCUT2D eigenvalue weighted by molar-refractivity contribution is 6.16. The third-order valence-corrected chi connectivity index (χ3v) is 6.65. The zero-order valence-corrected chi connectivity index (χ0v) is 20.7. The topological polar surface area (TPSA) is 83.2 Å². The molecule has 1 N–H and O–H groups in total. The van der Waals surface area contributed by atoms with Crippen molar-refractivity contribution in [3.05, 3.63) is 76.8 Å². The number of aliphatic hydroxyl groups is 1. The number of methoxy groups -OCH3 is 1. The third kappa shape index (κ3) is 4.68. The van der Waals surface area contributed by atoms with Gasteiger partial charge in [-0.25, -0.2) is 0 Å². The van der Waals surface area contributed by atoms with E-state index in [0.29, 0.717) is 29.9 Å². The first-order chi connectivity index (χ1) is 16.9. The van der Waals surface area contributed by atoms with Crippen LogP contribution in [0.5, 0.6) is 5.75 Å². The van der Waals surface area contributed by atoms with E-state index in [1.807, 2.05) is 43.3 Å². The average molecular weight is 477 g/mol. The Morgan fingerprint density at radius 1 is 1.14 bits per heavy atom. The van der Waals surface area contributed by atoms with Crippen molar-refractivity contribution in [3.63, 3.8) is 0 Å². The maximum atomic E-state index is 13.7. The van der Waals surface area contributed by atoms with E-state index in [4.69, 9.17) is 9.15 Å². The van der Waals surface area contributed by atoms with Crippen LogP contribution in [0.1, 0.15) is 48.0 Å². The van der Waals surface area contributed by atoms with Crippen molar-refractivity contribution < 1.29 is 23.8 Å². The van der Waals surface area contributed by atoms with Crippen LogP contribution in [-0.4, -0.2) is 59.9 Å². The van der Waals surface area contributed by atoms with Crippen molar-refractivity contribution in [3.8, 4) is 5.75 Å². The summed E-state index contributed by atoms with van der Waals surface area (Å²) >= 11 is 0. The fourth-order valence-electron chi connectivity index (χ4n) is 4.74. The number of ketones is 1. The van der Waals surface area contributed by atoms with Crippen LogP contribution in [0.4, 0.5) is 0 Å². The van der Waals surface area contributed by atoms with E-state index in [0.717, 1.165) is 30.6 Å². The Kier molecular flexibility index (Phi) is 7.26. The number of carbonyl (C=O) groups excluding carboxylic acids is 2. The minimum absolute atomic E-state index is 0.0121. The normalized spacial score (nSPS) is 16.1. The second-order valence-corrected chi connectivity index (χ2v) is 8.77. The fourth-order valence-corrected chi connectivity index (χ4v) is 4.74. The largest absolute Gasteiger partial charge is 0.503 e. The number of nitrogens with zero attached hydrogens (tertiary/aromatic N) is 2. The molecule has 1 aliphatic rings. The van der Waals surface area contributed by atoms with Gasteiger partial charge in [0.25, 0.3) is 5.91 Å². The number of para-hydroxylation sites is 1. The highest BCUT2D eigenvalue weighted by Gasteiger charge is 2.45. The summed E-state index contributed by atoms with van der Waals surface area (Å²) in [5, 5.41) is 11.7. The van der Waals surface area contributed by atoms with Gasteiger partial charge in [-0.15, -0.1) is 0 Å². The van der Waals surface area contributed by atoms with Crippen molar-refractivity contribution in [2.75, 3.05) is 33.3 Å². The lowest BCUT2D eigenvalue weighted by Gasteiger charge is -2.28. The number of rotatable bonds is 10. The Morgan fingerprint density at radius 2 is 1.89 bits per heavy atom. The highest BCUT2D eigenvalue weighted by atomic mass is 16.5. The number of benzene rings is 2. The molecule has 1 unspecified atom stereocenters. The number of Topliss-reactive ketones (excluding diaryl/α,β-unsaturated/α-hetero) is 1. The molecule has 2 heterocycles. The molecule has 1 aromatic heterocycles. The Bertz CT molecular complexity index is 1270. The van der Waals surface area contributed by atoms with E-state index in [2.05, 4.69) is 18.7 Å². The molecule has 0 fully saturated rings. The quantitative estimate of drug-likeness (QED) is 0.412. The van der Waals surface area contributed by atoms with Gasteiger partial charge >= 0.3 is 0 Å². The highest BCUT2D eigenvalue weighted by Crippen LogP contribution is 2.42. The van der Waals surface area contributed by atoms with Gasteiger partial charge < -0.3 is 24.1 Å². The average Bonchev–Trinajstić information content (AvgIpc) is 3.40. The van der Waals surface area contributed by atoms with Crippen LogP contribution in [0.25, 0.3) is 11.0 Å². The summed E-state index contributed by atoms with van der Waals surface area (Å²) < 4.78 is 11.4. The van der Waals surface area contributed by atoms with Crippen LogP contribution in [0, 0.1) is 6.92 Å². The lowest BCUT2D eigenvalue weighted by atomic mass is 9.94. The van der Waals surface area contributed by atoms with Crippen molar-refractivity contribution in [1.29, 1.82) is 0 Å². The molecule has 7 heteroatoms. The summed E-state index contributed by atoms with van der Waals surface area (Å²) in [6.07, 6.45) is 0.706. The third-order valence-electron chi connectivity index (χ3n) is 6.65. The number of furan rings is 1. The van der Waals surface area contributed by atoms with E-state index < -0.39 is 23.5 Å². The van der Waals surface area contributed by atoms with Crippen LogP contribution in [0.15, 0.2) is 64.3 Å². The molecule has 0 spiro atoms. The van der Waals surface area contributed by atoms with Gasteiger partial charge in [0.1, 0.15) is 11.3 Å². The van der Waals surface area contributed by atoms with Gasteiger partial charge in [0.15, 0.2) is 11.5 Å². The molecular weight excluding hydrogens is 444 g/mol. The molecule has 0 radical (unpaired) electrons. The smallest absolute Gasteiger partial charge is 0.290 e. The standard InChI is InChI=1S/C28H32N2O5/c1-5-29(6-2)14-9-15-30-25(20-10-7-8-11-22(20)34-4)24(27(32)28(30)33)26(31)23-17-19-16-18(3)12-13-21(19)35-23/h7-8,10-13,16-17,25,32H,5-6,9,14-15H2,1-4H3. The second-order valence-electron chi connectivity index (χ2n) is 8.77. The molecule has 2 aromatic carbocycles. The second kappa shape index (κ2) is 10.4. The number of hydrogen-bond donors (Lipinski definition) is 1. The maximum Gasteiger partial charge on any atom is 0.290 e. The summed E-state index contributed by atoms with van der Waals surface area (Å²) in [6, 6.07) is 13.8. The lowest BCUT2D eigenvalue weighted by Crippen LogP contribution is -2.34. The monoisotopic (exact) mass is 476 g/mol. The Morgan fingerprint density at radius 3 is 2.60 bits per heavy atom. The summed E-state index contributed by atoms with van der Waals surface area (Å²) in [7, 11) is 1.55. The van der Waals surface area contributed by atoms with E-state index >= 15 is 0 Å². The molecule has 0 aliphatic carbocycles. The Labute approximate surface area is 205 Å². The van der Waals surface area contributed by atoms with Crippen molar-refractivity contribution in [1.82, 2.24) is 9.80 Å². The number of fused-ring (bicyclic) bond motifs is 1. The van der Waals surface area contributed by atoms with Gasteiger partial charge in [-0.2, -0.15) is 0 Å². The molecule has 0 saturated heterocycles. The first-order valence-corrected chi connectivity index (χ1v) is 12.0. The zero-order chi connectivity index (χ0) is 25.1. The van der Waals surface area contributed by atoms with E-state index in [9.17, 15) is 14.7 Å². The molecule has 1 amide bonds. The van der Waals surface area contributed by atoms with Crippen molar-refractivity contribution >= 4 is 22.7 Å². The summed E-state index contributed by atoms with van der Waals surface area (Å²) in [5.41, 5.74) is 2.28. The predicted molar refractivity (Wildman–Crippen MR) is 135 cm³/mol. The van der Waals surface area contributed by atoms with Gasteiger partial charge in [-0.3, -0.25) is 9.59 Å². The summed E-state index contributed by atoms with van der Waals surface area (Å²) in [4.78, 5) is 30.8. The van der Waals surface area contributed by atoms with Crippen molar-refractivity contribution in [2.24, 2.45) is 0 Å². The van der Waals surface area contributed by atoms with Gasteiger partial charge in [0.2, 0.25) is 5.78 Å². The molecular formula is C28H32N2O5. The maximum absolute atomic E-state index is 13.7. The molecule has 1 atom stereocenters. The minimum atomic E-state index is -0.780. The SMILES string of the molecule is CCN(CC)CCCN1C(=O)C(O)=C(C(=O)c2cc3cc(C)ccc3o2)C1c1ccccc1OC. The molecule has 7 nitrogen and oxygen atoms in total. The molecule has 1 aliphatic heterocycles. The van der Waals surface area contributed by atoms with Gasteiger partial charge in [-0.05, 0) is 57.2 Å². The number of ether oxygens (including phenoxy) is 1. The molecule has 35 heavy (non-hydrogen) atoms. The summed E-state index contributed by atoms with van der Waals surface area (Å²) in [6.45, 7) is 9.19. The minimum Gasteiger partial charge on any atom is -0.503 e. The Balaban J connectivity index is 1.74.